The largest absolute Gasteiger partial charge is 0.370 e. The van der Waals surface area contributed by atoms with E-state index in [1.165, 1.54) is 25.7 Å². The molecule has 0 aliphatic heterocycles. The Kier molecular flexibility index (Phi) is 4.43. The molecule has 1 aliphatic carbocycles. The van der Waals surface area contributed by atoms with Crippen molar-refractivity contribution in [3.8, 4) is 0 Å². The normalized spacial score (nSPS) is 20.1. The van der Waals surface area contributed by atoms with Gasteiger partial charge in [-0.3, -0.25) is 9.98 Å². The van der Waals surface area contributed by atoms with Crippen LogP contribution in [0.3, 0.4) is 0 Å². The fourth-order valence-corrected chi connectivity index (χ4v) is 1.67. The lowest BCUT2D eigenvalue weighted by atomic mass is 10.2. The summed E-state index contributed by atoms with van der Waals surface area (Å²) in [5.41, 5.74) is 5.58. The van der Waals surface area contributed by atoms with Crippen LogP contribution in [0.1, 0.15) is 39.0 Å². The van der Waals surface area contributed by atoms with Gasteiger partial charge < -0.3 is 11.1 Å². The zero-order chi connectivity index (χ0) is 10.4. The van der Waals surface area contributed by atoms with Gasteiger partial charge >= 0.3 is 0 Å². The van der Waals surface area contributed by atoms with Crippen molar-refractivity contribution in [2.24, 2.45) is 15.7 Å². The van der Waals surface area contributed by atoms with E-state index >= 15 is 0 Å². The van der Waals surface area contributed by atoms with Crippen molar-refractivity contribution in [2.75, 3.05) is 7.05 Å². The Bertz CT molecular complexity index is 226. The van der Waals surface area contributed by atoms with Crippen LogP contribution in [-0.2, 0) is 0 Å². The Labute approximate surface area is 85.7 Å². The Balaban J connectivity index is 2.51. The van der Waals surface area contributed by atoms with E-state index in [9.17, 15) is 0 Å². The highest BCUT2D eigenvalue weighted by atomic mass is 15.1. The minimum Gasteiger partial charge on any atom is -0.370 e. The maximum absolute atomic E-state index is 5.58. The minimum absolute atomic E-state index is 0.448. The third kappa shape index (κ3) is 3.36. The van der Waals surface area contributed by atoms with E-state index in [0.717, 1.165) is 12.3 Å². The molecule has 0 aromatic rings. The van der Waals surface area contributed by atoms with Gasteiger partial charge in [-0.15, -0.1) is 0 Å². The third-order valence-corrected chi connectivity index (χ3v) is 2.51. The number of amidine groups is 1. The molecule has 3 N–H and O–H groups in total. The second kappa shape index (κ2) is 5.62. The van der Waals surface area contributed by atoms with Crippen LogP contribution in [0.5, 0.6) is 0 Å². The molecule has 14 heavy (non-hydrogen) atoms. The van der Waals surface area contributed by atoms with E-state index in [1.807, 2.05) is 0 Å². The molecule has 1 aliphatic rings. The van der Waals surface area contributed by atoms with E-state index in [2.05, 4.69) is 22.2 Å². The second-order valence-corrected chi connectivity index (χ2v) is 3.60. The number of nitrogens with one attached hydrogen (secondary N) is 1. The molecule has 80 valence electrons. The van der Waals surface area contributed by atoms with E-state index in [0.29, 0.717) is 12.0 Å². The summed E-state index contributed by atoms with van der Waals surface area (Å²) in [5.74, 6) is 1.41. The molecule has 0 radical (unpaired) electrons. The highest BCUT2D eigenvalue weighted by Crippen LogP contribution is 2.20. The van der Waals surface area contributed by atoms with Gasteiger partial charge in [0.2, 0.25) is 0 Å². The van der Waals surface area contributed by atoms with Gasteiger partial charge in [-0.2, -0.15) is 0 Å². The number of hydrogen-bond donors (Lipinski definition) is 2. The molecule has 0 atom stereocenters. The summed E-state index contributed by atoms with van der Waals surface area (Å²) in [6.07, 6.45) is 5.93. The van der Waals surface area contributed by atoms with Crippen molar-refractivity contribution in [2.45, 2.75) is 45.1 Å². The van der Waals surface area contributed by atoms with Crippen molar-refractivity contribution in [3.05, 3.63) is 0 Å². The van der Waals surface area contributed by atoms with Crippen LogP contribution < -0.4 is 11.1 Å². The Morgan fingerprint density at radius 1 is 1.43 bits per heavy atom. The molecule has 1 saturated carbocycles. The number of nitrogens with zero attached hydrogens (tertiary/aromatic N) is 2. The number of hydrogen-bond acceptors (Lipinski definition) is 2. The van der Waals surface area contributed by atoms with Crippen LogP contribution in [-0.4, -0.2) is 24.9 Å². The van der Waals surface area contributed by atoms with Crippen molar-refractivity contribution in [1.29, 1.82) is 0 Å². The smallest absolute Gasteiger partial charge is 0.193 e. The van der Waals surface area contributed by atoms with Gasteiger partial charge in [0.25, 0.3) is 0 Å². The topological polar surface area (TPSA) is 62.8 Å². The molecule has 0 heterocycles. The molecule has 0 aromatic heterocycles. The Morgan fingerprint density at radius 3 is 2.57 bits per heavy atom. The highest BCUT2D eigenvalue weighted by molar-refractivity contribution is 5.98. The lowest BCUT2D eigenvalue weighted by molar-refractivity contribution is 0.700. The number of guanidine groups is 1. The lowest BCUT2D eigenvalue weighted by Gasteiger charge is -2.09. The van der Waals surface area contributed by atoms with Crippen LogP contribution in [0.2, 0.25) is 0 Å². The van der Waals surface area contributed by atoms with Gasteiger partial charge in [0.05, 0.1) is 6.04 Å². The molecule has 1 fully saturated rings. The first-order valence-electron chi connectivity index (χ1n) is 5.32. The molecule has 0 bridgehead atoms. The summed E-state index contributed by atoms with van der Waals surface area (Å²) in [7, 11) is 1.67. The highest BCUT2D eigenvalue weighted by Gasteiger charge is 2.14. The molecule has 0 saturated heterocycles. The van der Waals surface area contributed by atoms with Crippen molar-refractivity contribution in [1.82, 2.24) is 5.32 Å². The molecule has 0 amide bonds. The van der Waals surface area contributed by atoms with Gasteiger partial charge in [-0.1, -0.05) is 19.8 Å². The van der Waals surface area contributed by atoms with Gasteiger partial charge in [0.1, 0.15) is 5.84 Å². The van der Waals surface area contributed by atoms with Gasteiger partial charge in [0.15, 0.2) is 5.96 Å². The van der Waals surface area contributed by atoms with Gasteiger partial charge in [-0.25, -0.2) is 0 Å². The van der Waals surface area contributed by atoms with Crippen molar-refractivity contribution in [3.63, 3.8) is 0 Å². The molecular formula is C10H20N4. The van der Waals surface area contributed by atoms with Crippen LogP contribution >= 0.6 is 0 Å². The molecular weight excluding hydrogens is 176 g/mol. The fourth-order valence-electron chi connectivity index (χ4n) is 1.67. The molecule has 4 nitrogen and oxygen atoms in total. The number of nitrogens with two attached hydrogens (primary N) is 1. The first-order chi connectivity index (χ1) is 6.76. The second-order valence-electron chi connectivity index (χ2n) is 3.60. The third-order valence-electron chi connectivity index (χ3n) is 2.51. The SMILES string of the molecule is CCC(=NC1CCCC1)NC(N)=NC. The average Bonchev–Trinajstić information content (AvgIpc) is 2.69. The average molecular weight is 196 g/mol. The zero-order valence-electron chi connectivity index (χ0n) is 9.08. The zero-order valence-corrected chi connectivity index (χ0v) is 9.08. The summed E-state index contributed by atoms with van der Waals surface area (Å²) in [6, 6.07) is 0.502. The monoisotopic (exact) mass is 196 g/mol. The standard InChI is InChI=1S/C10H20N4/c1-3-9(14-10(11)12-2)13-8-6-4-5-7-8/h8H,3-7H2,1-2H3,(H3,11,12,13,14). The van der Waals surface area contributed by atoms with Crippen LogP contribution in [0.4, 0.5) is 0 Å². The van der Waals surface area contributed by atoms with E-state index in [4.69, 9.17) is 5.73 Å². The quantitative estimate of drug-likeness (QED) is 0.516. The summed E-state index contributed by atoms with van der Waals surface area (Å²) in [6.45, 7) is 2.07. The first-order valence-corrected chi connectivity index (χ1v) is 5.32. The summed E-state index contributed by atoms with van der Waals surface area (Å²) in [4.78, 5) is 8.48. The summed E-state index contributed by atoms with van der Waals surface area (Å²) < 4.78 is 0. The predicted octanol–water partition coefficient (Wildman–Crippen LogP) is 1.27. The van der Waals surface area contributed by atoms with Crippen LogP contribution in [0, 0.1) is 0 Å². The number of aliphatic imine (C=N–C) groups is 2. The Morgan fingerprint density at radius 2 is 2.07 bits per heavy atom. The van der Waals surface area contributed by atoms with E-state index in [-0.39, 0.29) is 0 Å². The molecule has 0 spiro atoms. The molecule has 0 aromatic carbocycles. The van der Waals surface area contributed by atoms with Gasteiger partial charge in [0, 0.05) is 13.5 Å². The Hall–Kier alpha value is -1.06. The molecule has 1 rings (SSSR count). The number of rotatable bonds is 2. The van der Waals surface area contributed by atoms with E-state index in [1.54, 1.807) is 7.05 Å². The maximum Gasteiger partial charge on any atom is 0.193 e. The summed E-state index contributed by atoms with van der Waals surface area (Å²) >= 11 is 0. The van der Waals surface area contributed by atoms with Crippen molar-refractivity contribution < 1.29 is 0 Å². The lowest BCUT2D eigenvalue weighted by Crippen LogP contribution is -2.36. The predicted molar refractivity (Wildman–Crippen MR) is 60.7 cm³/mol. The van der Waals surface area contributed by atoms with Crippen molar-refractivity contribution >= 4 is 11.8 Å². The summed E-state index contributed by atoms with van der Waals surface area (Å²) in [5, 5.41) is 3.02. The minimum atomic E-state index is 0.448. The molecule has 4 heteroatoms. The van der Waals surface area contributed by atoms with Gasteiger partial charge in [-0.05, 0) is 12.8 Å². The maximum atomic E-state index is 5.58. The fraction of sp³-hybridized carbons (Fsp3) is 0.800. The molecule has 0 unspecified atom stereocenters. The van der Waals surface area contributed by atoms with Crippen LogP contribution in [0.25, 0.3) is 0 Å². The van der Waals surface area contributed by atoms with E-state index < -0.39 is 0 Å². The first kappa shape index (κ1) is 11.0. The van der Waals surface area contributed by atoms with Crippen LogP contribution in [0.15, 0.2) is 9.98 Å².